The van der Waals surface area contributed by atoms with Gasteiger partial charge in [-0.25, -0.2) is 31.5 Å². The van der Waals surface area contributed by atoms with E-state index in [-0.39, 0.29) is 50.5 Å². The van der Waals surface area contributed by atoms with Crippen LogP contribution in [0.1, 0.15) is 36.6 Å². The second kappa shape index (κ2) is 12.8. The maximum absolute atomic E-state index is 15.2. The van der Waals surface area contributed by atoms with E-state index < -0.39 is 35.4 Å². The largest absolute Gasteiger partial charge is 0.466 e. The van der Waals surface area contributed by atoms with Crippen LogP contribution in [0.4, 0.5) is 17.6 Å². The molecule has 1 aliphatic rings. The highest BCUT2D eigenvalue weighted by Gasteiger charge is 2.30. The molecule has 0 amide bonds. The molecule has 2 atom stereocenters. The smallest absolute Gasteiger partial charge is 0.336 e. The van der Waals surface area contributed by atoms with Crippen LogP contribution >= 0.6 is 0 Å². The number of alkyl halides is 3. The minimum atomic E-state index is -2.72. The Morgan fingerprint density at radius 1 is 1.06 bits per heavy atom. The predicted molar refractivity (Wildman–Crippen MR) is 168 cm³/mol. The van der Waals surface area contributed by atoms with E-state index >= 15 is 4.39 Å². The number of methoxy groups -OCH3 is 1. The van der Waals surface area contributed by atoms with Gasteiger partial charge in [0.15, 0.2) is 16.7 Å². The first-order chi connectivity index (χ1) is 22.6. The number of carbonyl (C=O) groups is 1. The van der Waals surface area contributed by atoms with E-state index in [4.69, 9.17) is 4.74 Å². The van der Waals surface area contributed by atoms with E-state index in [2.05, 4.69) is 9.97 Å². The van der Waals surface area contributed by atoms with E-state index in [1.165, 1.54) is 72.0 Å². The molecule has 12 heteroatoms. The zero-order valence-corrected chi connectivity index (χ0v) is 25.7. The van der Waals surface area contributed by atoms with E-state index in [1.807, 2.05) is 6.07 Å². The number of aromatic nitrogens is 3. The summed E-state index contributed by atoms with van der Waals surface area (Å²) in [6.07, 6.45) is -0.281. The summed E-state index contributed by atoms with van der Waals surface area (Å²) in [5.41, 5.74) is 2.88. The summed E-state index contributed by atoms with van der Waals surface area (Å²) in [6.45, 7) is 1.75. The molecule has 2 unspecified atom stereocenters. The molecule has 3 aromatic carbocycles. The highest BCUT2D eigenvalue weighted by Crippen LogP contribution is 2.44. The third kappa shape index (κ3) is 5.74. The monoisotopic (exact) mass is 656 g/mol. The number of fused-ring (bicyclic) bond motifs is 1. The zero-order valence-electron chi connectivity index (χ0n) is 24.9. The summed E-state index contributed by atoms with van der Waals surface area (Å²) in [4.78, 5) is 20.9. The average molecular weight is 657 g/mol. The second-order valence-electron chi connectivity index (χ2n) is 10.7. The lowest BCUT2D eigenvalue weighted by molar-refractivity contribution is -0.136. The number of allylic oxidation sites excluding steroid dienone is 3. The van der Waals surface area contributed by atoms with Crippen LogP contribution in [0.25, 0.3) is 39.0 Å². The van der Waals surface area contributed by atoms with Crippen LogP contribution in [0.2, 0.25) is 0 Å². The second-order valence-corrected chi connectivity index (χ2v) is 12.0. The van der Waals surface area contributed by atoms with Gasteiger partial charge in [0.25, 0.3) is 6.43 Å². The van der Waals surface area contributed by atoms with Crippen molar-refractivity contribution >= 4 is 33.4 Å². The van der Waals surface area contributed by atoms with Gasteiger partial charge in [-0.15, -0.1) is 0 Å². The maximum atomic E-state index is 15.2. The van der Waals surface area contributed by atoms with E-state index in [1.54, 1.807) is 31.2 Å². The van der Waals surface area contributed by atoms with Crippen molar-refractivity contribution in [3.8, 4) is 28.6 Å². The molecule has 6 rings (SSSR count). The molecule has 0 radical (unpaired) electrons. The third-order valence-electron chi connectivity index (χ3n) is 7.90. The Bertz CT molecular complexity index is 2190. The number of nitriles is 1. The van der Waals surface area contributed by atoms with Gasteiger partial charge < -0.3 is 4.74 Å². The number of hydrogen-bond acceptors (Lipinski definition) is 6. The van der Waals surface area contributed by atoms with Gasteiger partial charge in [0.1, 0.15) is 23.8 Å². The standard InChI is InChI=1S/C35H24F4N4O3S/c1-19-14-26(35(44)46-2)28(37)17-25(19)21-4-3-5-22(15-21)33-31(32-29(18-40)41-12-13-42-32)27-16-23(36)8-11-30(27)43(33)47(45)24-9-6-20(7-10-24)34(38)39/h3-16,28,34H,17H2,1-2H3. The minimum absolute atomic E-state index is 0.0631. The van der Waals surface area contributed by atoms with Crippen LogP contribution in [0, 0.1) is 17.1 Å². The quantitative estimate of drug-likeness (QED) is 0.131. The number of esters is 1. The lowest BCUT2D eigenvalue weighted by atomic mass is 9.86. The molecule has 2 aromatic heterocycles. The topological polar surface area (TPSA) is 97.9 Å². The molecular formula is C35H24F4N4O3S. The van der Waals surface area contributed by atoms with Crippen LogP contribution in [0.15, 0.2) is 101 Å². The summed E-state index contributed by atoms with van der Waals surface area (Å²) < 4.78 is 77.3. The maximum Gasteiger partial charge on any atom is 0.336 e. The molecule has 5 aromatic rings. The first-order valence-corrected chi connectivity index (χ1v) is 15.3. The first-order valence-electron chi connectivity index (χ1n) is 14.2. The van der Waals surface area contributed by atoms with Crippen LogP contribution in [0.5, 0.6) is 0 Å². The number of ether oxygens (including phenoxy) is 1. The normalized spacial score (nSPS) is 15.4. The number of carbonyl (C=O) groups excluding carboxylic acids is 1. The van der Waals surface area contributed by atoms with Crippen molar-refractivity contribution in [2.24, 2.45) is 0 Å². The Kier molecular flexibility index (Phi) is 8.58. The molecule has 7 nitrogen and oxygen atoms in total. The van der Waals surface area contributed by atoms with Crippen LogP contribution in [-0.4, -0.2) is 37.4 Å². The fourth-order valence-corrected chi connectivity index (χ4v) is 6.99. The molecule has 0 aliphatic heterocycles. The SMILES string of the molecule is COC(=O)C1=CC(C)=C(c2cccc(-c3c(-c4nccnc4C#N)c4cc(F)ccc4n3S(=O)c3ccc(C(F)F)cc3)c2)CC1F. The predicted octanol–water partition coefficient (Wildman–Crippen LogP) is 7.90. The van der Waals surface area contributed by atoms with Gasteiger partial charge in [0, 0.05) is 40.9 Å². The highest BCUT2D eigenvalue weighted by molar-refractivity contribution is 7.83. The fourth-order valence-electron chi connectivity index (χ4n) is 5.71. The summed E-state index contributed by atoms with van der Waals surface area (Å²) in [5.74, 6) is -1.36. The Balaban J connectivity index is 1.65. The third-order valence-corrected chi connectivity index (χ3v) is 9.29. The van der Waals surface area contributed by atoms with E-state index in [9.17, 15) is 27.4 Å². The molecule has 2 heterocycles. The van der Waals surface area contributed by atoms with Crippen LogP contribution < -0.4 is 0 Å². The van der Waals surface area contributed by atoms with Crippen molar-refractivity contribution in [1.82, 2.24) is 13.9 Å². The van der Waals surface area contributed by atoms with Gasteiger partial charge in [0.05, 0.1) is 28.8 Å². The van der Waals surface area contributed by atoms with Gasteiger partial charge in [-0.3, -0.25) is 8.96 Å². The van der Waals surface area contributed by atoms with Gasteiger partial charge in [-0.1, -0.05) is 30.3 Å². The van der Waals surface area contributed by atoms with Gasteiger partial charge in [-0.2, -0.15) is 5.26 Å². The Labute approximate surface area is 269 Å². The molecule has 236 valence electrons. The molecule has 0 saturated heterocycles. The van der Waals surface area contributed by atoms with Crippen molar-refractivity contribution in [2.45, 2.75) is 30.8 Å². The molecular weight excluding hydrogens is 632 g/mol. The number of hydrogen-bond donors (Lipinski definition) is 0. The van der Waals surface area contributed by atoms with E-state index in [0.29, 0.717) is 27.8 Å². The number of rotatable bonds is 7. The van der Waals surface area contributed by atoms with Gasteiger partial charge >= 0.3 is 5.97 Å². The molecule has 1 aliphatic carbocycles. The number of halogens is 4. The molecule has 47 heavy (non-hydrogen) atoms. The molecule has 0 bridgehead atoms. The Morgan fingerprint density at radius 2 is 1.79 bits per heavy atom. The fraction of sp³-hybridized carbons (Fsp3) is 0.143. The lowest BCUT2D eigenvalue weighted by Gasteiger charge is -2.21. The van der Waals surface area contributed by atoms with Gasteiger partial charge in [-0.05, 0) is 66.1 Å². The molecule has 0 spiro atoms. The summed E-state index contributed by atoms with van der Waals surface area (Å²) in [6, 6.07) is 17.9. The first kappa shape index (κ1) is 31.6. The minimum Gasteiger partial charge on any atom is -0.466 e. The molecule has 0 fully saturated rings. The molecule has 0 saturated carbocycles. The lowest BCUT2D eigenvalue weighted by Crippen LogP contribution is -2.19. The number of nitrogens with zero attached hydrogens (tertiary/aromatic N) is 4. The van der Waals surface area contributed by atoms with Gasteiger partial charge in [0.2, 0.25) is 0 Å². The summed E-state index contributed by atoms with van der Waals surface area (Å²) in [5, 5.41) is 10.2. The van der Waals surface area contributed by atoms with Crippen molar-refractivity contribution in [2.75, 3.05) is 7.11 Å². The summed E-state index contributed by atoms with van der Waals surface area (Å²) in [7, 11) is -0.890. The van der Waals surface area contributed by atoms with Crippen LogP contribution in [-0.2, 0) is 20.5 Å². The summed E-state index contributed by atoms with van der Waals surface area (Å²) >= 11 is 0. The Morgan fingerprint density at radius 3 is 2.49 bits per heavy atom. The van der Waals surface area contributed by atoms with Crippen molar-refractivity contribution in [1.29, 1.82) is 5.26 Å². The molecule has 0 N–H and O–H groups in total. The Hall–Kier alpha value is -5.41. The average Bonchev–Trinajstić information content (AvgIpc) is 3.42. The van der Waals surface area contributed by atoms with Crippen molar-refractivity contribution in [3.05, 3.63) is 119 Å². The number of benzene rings is 3. The van der Waals surface area contributed by atoms with Crippen molar-refractivity contribution in [3.63, 3.8) is 0 Å². The van der Waals surface area contributed by atoms with Crippen molar-refractivity contribution < 1.29 is 31.3 Å². The highest BCUT2D eigenvalue weighted by atomic mass is 32.2. The van der Waals surface area contributed by atoms with Crippen LogP contribution in [0.3, 0.4) is 0 Å². The van der Waals surface area contributed by atoms with E-state index in [0.717, 1.165) is 0 Å². The zero-order chi connectivity index (χ0) is 33.4.